The van der Waals surface area contributed by atoms with Crippen LogP contribution < -0.4 is 11.5 Å². The Hall–Kier alpha value is -1.90. The van der Waals surface area contributed by atoms with Gasteiger partial charge >= 0.3 is 0 Å². The number of aromatic nitrogens is 2. The molecule has 3 rings (SSSR count). The van der Waals surface area contributed by atoms with Crippen molar-refractivity contribution in [3.8, 4) is 0 Å². The zero-order valence-electron chi connectivity index (χ0n) is 50.5. The Morgan fingerprint density at radius 1 is 0.588 bits per heavy atom. The molecule has 1 fully saturated rings. The highest BCUT2D eigenvalue weighted by Gasteiger charge is 2.18. The molecule has 7 heteroatoms. The van der Waals surface area contributed by atoms with Crippen LogP contribution in [0, 0.1) is 41.4 Å². The van der Waals surface area contributed by atoms with E-state index in [9.17, 15) is 0 Å². The van der Waals surface area contributed by atoms with E-state index in [4.69, 9.17) is 11.5 Å². The summed E-state index contributed by atoms with van der Waals surface area (Å²) in [5, 5.41) is 0. The number of nitrogens with two attached hydrogens (primary N) is 2. The number of quaternary nitrogens is 1. The maximum absolute atomic E-state index is 5.86. The predicted octanol–water partition coefficient (Wildman–Crippen LogP) is 15.9. The van der Waals surface area contributed by atoms with Gasteiger partial charge in [-0.05, 0) is 156 Å². The molecular formula is C61H126N7+. The predicted molar refractivity (Wildman–Crippen MR) is 310 cm³/mol. The first-order chi connectivity index (χ1) is 31.5. The normalized spacial score (nSPS) is 13.4. The van der Waals surface area contributed by atoms with Gasteiger partial charge < -0.3 is 25.8 Å². The van der Waals surface area contributed by atoms with Crippen LogP contribution in [0.15, 0.2) is 48.9 Å². The summed E-state index contributed by atoms with van der Waals surface area (Å²) < 4.78 is 1.10. The molecule has 1 aliphatic heterocycles. The van der Waals surface area contributed by atoms with Crippen LogP contribution in [0.5, 0.6) is 0 Å². The summed E-state index contributed by atoms with van der Waals surface area (Å²) in [6, 6.07) is 11.6. The van der Waals surface area contributed by atoms with Crippen molar-refractivity contribution in [3.63, 3.8) is 0 Å². The van der Waals surface area contributed by atoms with Gasteiger partial charge in [0.15, 0.2) is 0 Å². The van der Waals surface area contributed by atoms with Gasteiger partial charge in [0.2, 0.25) is 0 Å². The van der Waals surface area contributed by atoms with E-state index in [0.29, 0.717) is 41.7 Å². The molecule has 0 radical (unpaired) electrons. The second-order valence-electron chi connectivity index (χ2n) is 24.3. The molecule has 3 heterocycles. The molecule has 0 unspecified atom stereocenters. The summed E-state index contributed by atoms with van der Waals surface area (Å²) in [6.07, 6.45) is 20.5. The van der Waals surface area contributed by atoms with Gasteiger partial charge in [-0.1, -0.05) is 169 Å². The molecular weight excluding hydrogens is 831 g/mol. The number of hydrogen-bond donors (Lipinski definition) is 2. The fraction of sp³-hybridized carbons (Fsp3) is 0.836. The smallest absolute Gasteiger partial charge is 0.0780 e. The highest BCUT2D eigenvalue weighted by atomic mass is 15.3. The number of piperidine rings is 1. The van der Waals surface area contributed by atoms with Crippen LogP contribution in [-0.4, -0.2) is 104 Å². The Labute approximate surface area is 429 Å². The Balaban J connectivity index is -0.000000352. The Morgan fingerprint density at radius 3 is 1.41 bits per heavy atom. The maximum Gasteiger partial charge on any atom is 0.0780 e. The minimum absolute atomic E-state index is 0.370. The van der Waals surface area contributed by atoms with Gasteiger partial charge in [0, 0.05) is 42.4 Å². The van der Waals surface area contributed by atoms with E-state index in [-0.39, 0.29) is 0 Å². The van der Waals surface area contributed by atoms with Crippen molar-refractivity contribution in [1.29, 1.82) is 0 Å². The Bertz CT molecular complexity index is 1210. The van der Waals surface area contributed by atoms with Crippen LogP contribution in [0.3, 0.4) is 0 Å². The number of likely N-dealkylation sites (tertiary alicyclic amines) is 1. The molecule has 0 saturated carbocycles. The third kappa shape index (κ3) is 49.1. The van der Waals surface area contributed by atoms with Crippen molar-refractivity contribution in [2.24, 2.45) is 52.9 Å². The largest absolute Gasteiger partial charge is 0.331 e. The second kappa shape index (κ2) is 45.0. The average molecular weight is 958 g/mol. The molecule has 68 heavy (non-hydrogen) atoms. The summed E-state index contributed by atoms with van der Waals surface area (Å²) in [6.45, 7) is 47.5. The first-order valence-corrected chi connectivity index (χ1v) is 28.0. The van der Waals surface area contributed by atoms with Crippen molar-refractivity contribution in [3.05, 3.63) is 60.2 Å². The molecule has 2 aromatic heterocycles. The fourth-order valence-corrected chi connectivity index (χ4v) is 8.01. The highest BCUT2D eigenvalue weighted by Crippen LogP contribution is 2.17. The number of hydrogen-bond acceptors (Lipinski definition) is 6. The fourth-order valence-electron chi connectivity index (χ4n) is 8.01. The van der Waals surface area contributed by atoms with E-state index in [0.717, 1.165) is 39.9 Å². The molecule has 0 spiro atoms. The Kier molecular flexibility index (Phi) is 48.1. The summed E-state index contributed by atoms with van der Waals surface area (Å²) >= 11 is 0. The Morgan fingerprint density at radius 2 is 1.12 bits per heavy atom. The van der Waals surface area contributed by atoms with Gasteiger partial charge in [0.1, 0.15) is 0 Å². The lowest BCUT2D eigenvalue weighted by atomic mass is 9.92. The number of pyridine rings is 2. The molecule has 404 valence electrons. The molecule has 1 saturated heterocycles. The lowest BCUT2D eigenvalue weighted by Gasteiger charge is -2.31. The van der Waals surface area contributed by atoms with Crippen LogP contribution in [0.25, 0.3) is 0 Å². The molecule has 2 aromatic rings. The van der Waals surface area contributed by atoms with Crippen LogP contribution in [0.1, 0.15) is 225 Å². The zero-order chi connectivity index (χ0) is 53.4. The lowest BCUT2D eigenvalue weighted by molar-refractivity contribution is -0.870. The van der Waals surface area contributed by atoms with Gasteiger partial charge in [-0.3, -0.25) is 9.97 Å². The van der Waals surface area contributed by atoms with Gasteiger partial charge in [-0.15, -0.1) is 0 Å². The maximum atomic E-state index is 5.86. The molecule has 0 aliphatic carbocycles. The molecule has 1 atom stereocenters. The van der Waals surface area contributed by atoms with Crippen LogP contribution in [0.2, 0.25) is 0 Å². The van der Waals surface area contributed by atoms with Crippen molar-refractivity contribution >= 4 is 0 Å². The first kappa shape index (κ1) is 72.6. The van der Waals surface area contributed by atoms with E-state index < -0.39 is 0 Å². The molecule has 4 N–H and O–H groups in total. The van der Waals surface area contributed by atoms with Crippen LogP contribution in [0.4, 0.5) is 0 Å². The molecule has 0 bridgehead atoms. The van der Waals surface area contributed by atoms with E-state index in [2.05, 4.69) is 193 Å². The van der Waals surface area contributed by atoms with Gasteiger partial charge in [-0.25, -0.2) is 0 Å². The SMILES string of the molecule is CC(C)C(C(C)C)N(C)C.CC(C)C(N)C(C)C.CC(C)CCCN1CCCCC1.CC(C)CCC[N+](C)(C)C.CC(C)c1ccccn1.CC(C)c1cccnc1.CCCCC[C@H](N)C(C)C. The van der Waals surface area contributed by atoms with Crippen molar-refractivity contribution in [2.75, 3.05) is 61.4 Å². The molecule has 0 aromatic carbocycles. The quantitative estimate of drug-likeness (QED) is 0.102. The first-order valence-electron chi connectivity index (χ1n) is 28.0. The van der Waals surface area contributed by atoms with Gasteiger partial charge in [0.25, 0.3) is 0 Å². The average Bonchev–Trinajstić information content (AvgIpc) is 3.24. The minimum Gasteiger partial charge on any atom is -0.331 e. The van der Waals surface area contributed by atoms with Crippen LogP contribution >= 0.6 is 0 Å². The summed E-state index contributed by atoms with van der Waals surface area (Å²) in [5.74, 6) is 6.30. The van der Waals surface area contributed by atoms with E-state index in [1.807, 2.05) is 36.7 Å². The van der Waals surface area contributed by atoms with Crippen LogP contribution in [-0.2, 0) is 0 Å². The third-order valence-electron chi connectivity index (χ3n) is 12.4. The minimum atomic E-state index is 0.370. The summed E-state index contributed by atoms with van der Waals surface area (Å²) in [7, 11) is 11.1. The highest BCUT2D eigenvalue weighted by molar-refractivity contribution is 5.12. The number of rotatable bonds is 20. The molecule has 1 aliphatic rings. The molecule has 0 amide bonds. The summed E-state index contributed by atoms with van der Waals surface area (Å²) in [4.78, 5) is 13.1. The lowest BCUT2D eigenvalue weighted by Crippen LogP contribution is -2.37. The van der Waals surface area contributed by atoms with E-state index in [1.54, 1.807) is 6.20 Å². The van der Waals surface area contributed by atoms with E-state index >= 15 is 0 Å². The third-order valence-corrected chi connectivity index (χ3v) is 12.4. The number of nitrogens with zero attached hydrogens (tertiary/aromatic N) is 5. The van der Waals surface area contributed by atoms with Gasteiger partial charge in [0.05, 0.1) is 27.7 Å². The topological polar surface area (TPSA) is 84.3 Å². The second-order valence-corrected chi connectivity index (χ2v) is 24.3. The standard InChI is InChI=1S/C11H23N.C9H22N.2C9H21N.2C8H11N.C7H17N/c1-11(2)7-6-10-12-8-4-3-5-9-12;1-9(2)7-6-8-10(3,4)5;1-7(2)9(8(3)4)10(5)6;1-4-5-6-7-9(10)8(2)3;1-7(2)8-4-3-5-9-6-8;1-7(2)8-5-3-4-6-9-8;1-5(2)7(8)6(3)4/h11H,3-10H2,1-2H3;9H,6-8H2,1-5H3;7-9H,1-6H3;8-9H,4-7,10H2,1-3H3;2*3-7H,1-2H3;5-7H,8H2,1-4H3/q;+1;;;;;/t;;;9-;;;/m...0.../s1. The summed E-state index contributed by atoms with van der Waals surface area (Å²) in [5.41, 5.74) is 14.1. The number of unbranched alkanes of at least 4 members (excludes halogenated alkanes) is 2. The van der Waals surface area contributed by atoms with Gasteiger partial charge in [-0.2, -0.15) is 0 Å². The molecule has 7 nitrogen and oxygen atoms in total. The zero-order valence-corrected chi connectivity index (χ0v) is 50.5. The van der Waals surface area contributed by atoms with Crippen molar-refractivity contribution in [2.45, 2.75) is 232 Å². The van der Waals surface area contributed by atoms with Crippen molar-refractivity contribution in [1.82, 2.24) is 19.8 Å². The monoisotopic (exact) mass is 957 g/mol. The van der Waals surface area contributed by atoms with E-state index in [1.165, 1.54) is 102 Å². The van der Waals surface area contributed by atoms with Crippen molar-refractivity contribution < 1.29 is 4.48 Å².